The van der Waals surface area contributed by atoms with Crippen LogP contribution in [-0.2, 0) is 11.3 Å². The number of likely N-dealkylation sites (N-methyl/N-ethyl adjacent to an activating group) is 1. The van der Waals surface area contributed by atoms with Gasteiger partial charge in [-0.15, -0.1) is 0 Å². The summed E-state index contributed by atoms with van der Waals surface area (Å²) in [5.41, 5.74) is 2.07. The number of carbonyl (C=O) groups excluding carboxylic acids is 1. The topological polar surface area (TPSA) is 54.3 Å². The molecule has 1 saturated heterocycles. The number of hydrogen-bond donors (Lipinski definition) is 0. The van der Waals surface area contributed by atoms with Crippen LogP contribution in [0.25, 0.3) is 11.0 Å². The van der Waals surface area contributed by atoms with Crippen LogP contribution in [0.15, 0.2) is 18.3 Å². The van der Waals surface area contributed by atoms with Gasteiger partial charge < -0.3 is 9.80 Å². The summed E-state index contributed by atoms with van der Waals surface area (Å²) >= 11 is 0. The monoisotopic (exact) mass is 357 g/mol. The minimum Gasteiger partial charge on any atom is -0.342 e. The number of hydrogen-bond acceptors (Lipinski definition) is 4. The summed E-state index contributed by atoms with van der Waals surface area (Å²) in [5.74, 6) is 0.556. The predicted octanol–water partition coefficient (Wildman–Crippen LogP) is 2.75. The van der Waals surface area contributed by atoms with Gasteiger partial charge in [0.2, 0.25) is 5.91 Å². The summed E-state index contributed by atoms with van der Waals surface area (Å²) in [6.07, 6.45) is 3.40. The van der Waals surface area contributed by atoms with E-state index in [1.54, 1.807) is 0 Å². The molecule has 1 aliphatic rings. The number of carbonyl (C=O) groups is 1. The van der Waals surface area contributed by atoms with Gasteiger partial charge in [-0.1, -0.05) is 20.8 Å². The molecule has 0 spiro atoms. The molecule has 2 aromatic heterocycles. The zero-order chi connectivity index (χ0) is 18.9. The Morgan fingerprint density at radius 3 is 2.81 bits per heavy atom. The van der Waals surface area contributed by atoms with Crippen LogP contribution in [0.4, 0.5) is 0 Å². The highest BCUT2D eigenvalue weighted by Crippen LogP contribution is 2.32. The van der Waals surface area contributed by atoms with Crippen LogP contribution in [0.3, 0.4) is 0 Å². The van der Waals surface area contributed by atoms with Gasteiger partial charge in [-0.25, -0.2) is 9.67 Å². The van der Waals surface area contributed by atoms with Crippen LogP contribution >= 0.6 is 0 Å². The highest BCUT2D eigenvalue weighted by molar-refractivity contribution is 5.80. The van der Waals surface area contributed by atoms with E-state index in [0.717, 1.165) is 49.3 Å². The third-order valence-electron chi connectivity index (χ3n) is 4.90. The molecule has 1 amide bonds. The molecule has 3 heterocycles. The lowest BCUT2D eigenvalue weighted by molar-refractivity contribution is -0.132. The molecular formula is C20H31N5O. The molecule has 0 aliphatic carbocycles. The summed E-state index contributed by atoms with van der Waals surface area (Å²) in [6.45, 7) is 9.68. The second-order valence-electron chi connectivity index (χ2n) is 8.85. The van der Waals surface area contributed by atoms with Gasteiger partial charge in [0.25, 0.3) is 0 Å². The minimum atomic E-state index is 0.0273. The van der Waals surface area contributed by atoms with Gasteiger partial charge in [-0.2, -0.15) is 5.10 Å². The van der Waals surface area contributed by atoms with Crippen molar-refractivity contribution in [3.8, 4) is 0 Å². The van der Waals surface area contributed by atoms with Crippen LogP contribution in [0.5, 0.6) is 0 Å². The molecule has 6 nitrogen and oxygen atoms in total. The first-order valence-electron chi connectivity index (χ1n) is 9.48. The van der Waals surface area contributed by atoms with Crippen molar-refractivity contribution in [1.82, 2.24) is 24.6 Å². The lowest BCUT2D eigenvalue weighted by atomic mass is 9.91. The van der Waals surface area contributed by atoms with Crippen molar-refractivity contribution in [2.45, 2.75) is 46.1 Å². The largest absolute Gasteiger partial charge is 0.342 e. The normalized spacial score (nSPS) is 18.2. The predicted molar refractivity (Wildman–Crippen MR) is 104 cm³/mol. The Kier molecular flexibility index (Phi) is 5.32. The molecule has 2 aromatic rings. The van der Waals surface area contributed by atoms with Gasteiger partial charge in [-0.05, 0) is 38.1 Å². The maximum absolute atomic E-state index is 12.6. The Morgan fingerprint density at radius 1 is 1.35 bits per heavy atom. The van der Waals surface area contributed by atoms with Crippen LogP contribution in [-0.4, -0.2) is 64.2 Å². The number of fused-ring (bicyclic) bond motifs is 1. The third kappa shape index (κ3) is 4.23. The Bertz CT molecular complexity index is 774. The van der Waals surface area contributed by atoms with Crippen molar-refractivity contribution in [3.63, 3.8) is 0 Å². The van der Waals surface area contributed by atoms with Crippen molar-refractivity contribution < 1.29 is 4.79 Å². The van der Waals surface area contributed by atoms with Gasteiger partial charge in [-0.3, -0.25) is 4.79 Å². The first-order valence-corrected chi connectivity index (χ1v) is 9.48. The van der Waals surface area contributed by atoms with Crippen LogP contribution in [0.2, 0.25) is 0 Å². The number of aromatic nitrogens is 3. The first kappa shape index (κ1) is 18.8. The Balaban J connectivity index is 1.79. The Morgan fingerprint density at radius 2 is 2.12 bits per heavy atom. The van der Waals surface area contributed by atoms with E-state index in [0.29, 0.717) is 12.3 Å². The summed E-state index contributed by atoms with van der Waals surface area (Å²) in [4.78, 5) is 21.3. The van der Waals surface area contributed by atoms with Gasteiger partial charge in [0, 0.05) is 43.6 Å². The zero-order valence-corrected chi connectivity index (χ0v) is 16.7. The molecular weight excluding hydrogens is 326 g/mol. The number of rotatable bonds is 5. The average Bonchev–Trinajstić information content (AvgIpc) is 3.16. The molecule has 142 valence electrons. The molecule has 0 aromatic carbocycles. The van der Waals surface area contributed by atoms with E-state index in [2.05, 4.69) is 50.8 Å². The molecule has 0 saturated carbocycles. The van der Waals surface area contributed by atoms with Crippen molar-refractivity contribution in [2.24, 2.45) is 5.41 Å². The maximum atomic E-state index is 12.6. The molecule has 1 fully saturated rings. The van der Waals surface area contributed by atoms with E-state index in [9.17, 15) is 4.79 Å². The zero-order valence-electron chi connectivity index (χ0n) is 16.7. The molecule has 3 rings (SSSR count). The summed E-state index contributed by atoms with van der Waals surface area (Å²) < 4.78 is 2.02. The SMILES string of the molecule is CN(C)CCn1nc(C2CCN(C(=O)CC(C)(C)C)C2)c2cccnc21. The molecule has 1 unspecified atom stereocenters. The van der Waals surface area contributed by atoms with Crippen molar-refractivity contribution >= 4 is 16.9 Å². The van der Waals surface area contributed by atoms with Crippen molar-refractivity contribution in [2.75, 3.05) is 33.7 Å². The smallest absolute Gasteiger partial charge is 0.223 e. The van der Waals surface area contributed by atoms with Crippen LogP contribution in [0, 0.1) is 5.41 Å². The average molecular weight is 358 g/mol. The number of likely N-dealkylation sites (tertiary alicyclic amines) is 1. The molecule has 6 heteroatoms. The van der Waals surface area contributed by atoms with Crippen LogP contribution in [0.1, 0.15) is 45.2 Å². The van der Waals surface area contributed by atoms with Crippen LogP contribution < -0.4 is 0 Å². The fraction of sp³-hybridized carbons (Fsp3) is 0.650. The highest BCUT2D eigenvalue weighted by atomic mass is 16.2. The molecule has 0 bridgehead atoms. The third-order valence-corrected chi connectivity index (χ3v) is 4.90. The maximum Gasteiger partial charge on any atom is 0.223 e. The minimum absolute atomic E-state index is 0.0273. The summed E-state index contributed by atoms with van der Waals surface area (Å²) in [7, 11) is 4.13. The van der Waals surface area contributed by atoms with E-state index in [1.165, 1.54) is 0 Å². The van der Waals surface area contributed by atoms with E-state index in [4.69, 9.17) is 5.10 Å². The molecule has 0 radical (unpaired) electrons. The Hall–Kier alpha value is -1.95. The van der Waals surface area contributed by atoms with Gasteiger partial charge >= 0.3 is 0 Å². The number of amides is 1. The summed E-state index contributed by atoms with van der Waals surface area (Å²) in [6, 6.07) is 4.08. The highest BCUT2D eigenvalue weighted by Gasteiger charge is 2.32. The molecule has 0 N–H and O–H groups in total. The number of pyridine rings is 1. The van der Waals surface area contributed by atoms with E-state index < -0.39 is 0 Å². The Labute approximate surface area is 156 Å². The molecule has 1 atom stereocenters. The van der Waals surface area contributed by atoms with Crippen molar-refractivity contribution in [1.29, 1.82) is 0 Å². The van der Waals surface area contributed by atoms with Gasteiger partial charge in [0.05, 0.1) is 12.2 Å². The second kappa shape index (κ2) is 7.35. The van der Waals surface area contributed by atoms with E-state index in [1.807, 2.05) is 21.8 Å². The standard InChI is InChI=1S/C20H31N5O/c1-20(2,3)13-17(26)24-10-8-15(14-24)18-16-7-6-9-21-19(16)25(22-18)12-11-23(4)5/h6-7,9,15H,8,10-14H2,1-5H3. The first-order chi connectivity index (χ1) is 12.2. The molecule has 1 aliphatic heterocycles. The van der Waals surface area contributed by atoms with Gasteiger partial charge in [0.15, 0.2) is 5.65 Å². The second-order valence-corrected chi connectivity index (χ2v) is 8.85. The lowest BCUT2D eigenvalue weighted by Gasteiger charge is -2.22. The van der Waals surface area contributed by atoms with E-state index >= 15 is 0 Å². The fourth-order valence-electron chi connectivity index (χ4n) is 3.56. The van der Waals surface area contributed by atoms with Gasteiger partial charge in [0.1, 0.15) is 0 Å². The quantitative estimate of drug-likeness (QED) is 0.826. The fourth-order valence-corrected chi connectivity index (χ4v) is 3.56. The van der Waals surface area contributed by atoms with Crippen molar-refractivity contribution in [3.05, 3.63) is 24.0 Å². The summed E-state index contributed by atoms with van der Waals surface area (Å²) in [5, 5.41) is 6.03. The lowest BCUT2D eigenvalue weighted by Crippen LogP contribution is -2.31. The van der Waals surface area contributed by atoms with E-state index in [-0.39, 0.29) is 11.3 Å². The molecule has 26 heavy (non-hydrogen) atoms. The number of nitrogens with zero attached hydrogens (tertiary/aromatic N) is 5.